The Morgan fingerprint density at radius 3 is 2.68 bits per heavy atom. The van der Waals surface area contributed by atoms with E-state index in [0.29, 0.717) is 6.04 Å². The highest BCUT2D eigenvalue weighted by Crippen LogP contribution is 2.37. The van der Waals surface area contributed by atoms with Crippen LogP contribution in [0.5, 0.6) is 0 Å². The van der Waals surface area contributed by atoms with Crippen LogP contribution in [-0.4, -0.2) is 30.1 Å². The van der Waals surface area contributed by atoms with Crippen LogP contribution in [0.3, 0.4) is 0 Å². The lowest BCUT2D eigenvalue weighted by molar-refractivity contribution is 0.134. The molecule has 2 N–H and O–H groups in total. The number of hydrogen-bond acceptors (Lipinski definition) is 2. The predicted molar refractivity (Wildman–Crippen MR) is 80.1 cm³/mol. The summed E-state index contributed by atoms with van der Waals surface area (Å²) in [4.78, 5) is 2.73. The Bertz CT molecular complexity index is 390. The first-order chi connectivity index (χ1) is 9.38. The summed E-state index contributed by atoms with van der Waals surface area (Å²) >= 11 is 0. The van der Waals surface area contributed by atoms with Crippen molar-refractivity contribution in [1.29, 1.82) is 0 Å². The number of hydrogen-bond donors (Lipinski definition) is 1. The fourth-order valence-corrected chi connectivity index (χ4v) is 4.12. The average molecular weight is 258 g/mol. The molecule has 0 radical (unpaired) electrons. The zero-order valence-electron chi connectivity index (χ0n) is 11.8. The number of rotatable bonds is 4. The van der Waals surface area contributed by atoms with Gasteiger partial charge in [0.15, 0.2) is 0 Å². The van der Waals surface area contributed by atoms with E-state index in [2.05, 4.69) is 35.2 Å². The maximum Gasteiger partial charge on any atom is 0.0261 e. The van der Waals surface area contributed by atoms with Crippen molar-refractivity contribution < 1.29 is 0 Å². The van der Waals surface area contributed by atoms with Gasteiger partial charge >= 0.3 is 0 Å². The van der Waals surface area contributed by atoms with E-state index in [1.165, 1.54) is 44.2 Å². The van der Waals surface area contributed by atoms with Gasteiger partial charge in [0.05, 0.1) is 0 Å². The third-order valence-electron chi connectivity index (χ3n) is 5.11. The summed E-state index contributed by atoms with van der Waals surface area (Å²) in [6.07, 6.45) is 8.22. The highest BCUT2D eigenvalue weighted by Gasteiger charge is 2.38. The molecule has 1 saturated heterocycles. The van der Waals surface area contributed by atoms with Gasteiger partial charge in [0.25, 0.3) is 0 Å². The number of fused-ring (bicyclic) bond motifs is 1. The minimum atomic E-state index is 0.537. The fraction of sp³-hybridized carbons (Fsp3) is 0.647. The molecule has 0 bridgehead atoms. The second-order valence-corrected chi connectivity index (χ2v) is 6.22. The Labute approximate surface area is 117 Å². The SMILES string of the molecule is NCC(Cc1ccccc1)N1CCC2CCCCC21. The van der Waals surface area contributed by atoms with Gasteiger partial charge in [0, 0.05) is 18.6 Å². The molecule has 19 heavy (non-hydrogen) atoms. The average Bonchev–Trinajstić information content (AvgIpc) is 2.90. The zero-order valence-corrected chi connectivity index (χ0v) is 11.8. The number of nitrogens with zero attached hydrogens (tertiary/aromatic N) is 1. The lowest BCUT2D eigenvalue weighted by Crippen LogP contribution is -2.46. The molecule has 1 aliphatic carbocycles. The number of nitrogens with two attached hydrogens (primary N) is 1. The molecule has 1 aliphatic heterocycles. The number of likely N-dealkylation sites (tertiary alicyclic amines) is 1. The molecular formula is C17H26N2. The van der Waals surface area contributed by atoms with Crippen LogP contribution >= 0.6 is 0 Å². The summed E-state index contributed by atoms with van der Waals surface area (Å²) in [7, 11) is 0. The normalized spacial score (nSPS) is 29.1. The maximum atomic E-state index is 6.08. The molecule has 2 aliphatic rings. The van der Waals surface area contributed by atoms with Crippen LogP contribution in [-0.2, 0) is 6.42 Å². The summed E-state index contributed by atoms with van der Waals surface area (Å²) in [5.41, 5.74) is 7.51. The molecule has 1 saturated carbocycles. The molecule has 2 fully saturated rings. The van der Waals surface area contributed by atoms with Gasteiger partial charge in [-0.3, -0.25) is 4.90 Å². The van der Waals surface area contributed by atoms with Gasteiger partial charge < -0.3 is 5.73 Å². The van der Waals surface area contributed by atoms with E-state index in [1.807, 2.05) is 0 Å². The quantitative estimate of drug-likeness (QED) is 0.900. The second-order valence-electron chi connectivity index (χ2n) is 6.22. The molecule has 1 aromatic carbocycles. The molecule has 3 unspecified atom stereocenters. The van der Waals surface area contributed by atoms with E-state index in [0.717, 1.165) is 24.9 Å². The highest BCUT2D eigenvalue weighted by molar-refractivity contribution is 5.16. The highest BCUT2D eigenvalue weighted by atomic mass is 15.2. The molecule has 0 aromatic heterocycles. The van der Waals surface area contributed by atoms with Crippen molar-refractivity contribution in [3.8, 4) is 0 Å². The monoisotopic (exact) mass is 258 g/mol. The van der Waals surface area contributed by atoms with Gasteiger partial charge in [-0.2, -0.15) is 0 Å². The largest absolute Gasteiger partial charge is 0.329 e. The zero-order chi connectivity index (χ0) is 13.1. The molecule has 2 nitrogen and oxygen atoms in total. The van der Waals surface area contributed by atoms with E-state index in [9.17, 15) is 0 Å². The molecule has 2 heteroatoms. The lowest BCUT2D eigenvalue weighted by atomic mass is 9.84. The van der Waals surface area contributed by atoms with Gasteiger partial charge in [-0.25, -0.2) is 0 Å². The molecular weight excluding hydrogens is 232 g/mol. The summed E-state index contributed by atoms with van der Waals surface area (Å²) in [6, 6.07) is 12.2. The Morgan fingerprint density at radius 1 is 1.11 bits per heavy atom. The Balaban J connectivity index is 1.68. The molecule has 1 heterocycles. The molecule has 1 aromatic rings. The fourth-order valence-electron chi connectivity index (χ4n) is 4.12. The summed E-state index contributed by atoms with van der Waals surface area (Å²) in [5, 5.41) is 0. The van der Waals surface area contributed by atoms with Crippen molar-refractivity contribution in [3.05, 3.63) is 35.9 Å². The molecule has 0 amide bonds. The first-order valence-electron chi connectivity index (χ1n) is 7.88. The van der Waals surface area contributed by atoms with Crippen LogP contribution in [0, 0.1) is 5.92 Å². The first kappa shape index (κ1) is 13.1. The van der Waals surface area contributed by atoms with Gasteiger partial charge in [-0.15, -0.1) is 0 Å². The van der Waals surface area contributed by atoms with Crippen molar-refractivity contribution in [3.63, 3.8) is 0 Å². The van der Waals surface area contributed by atoms with Crippen LogP contribution in [0.2, 0.25) is 0 Å². The van der Waals surface area contributed by atoms with Crippen LogP contribution in [0.4, 0.5) is 0 Å². The lowest BCUT2D eigenvalue weighted by Gasteiger charge is -2.36. The van der Waals surface area contributed by atoms with Gasteiger partial charge in [0.1, 0.15) is 0 Å². The third kappa shape index (κ3) is 2.85. The van der Waals surface area contributed by atoms with Crippen molar-refractivity contribution in [2.75, 3.05) is 13.1 Å². The molecule has 3 rings (SSSR count). The Morgan fingerprint density at radius 2 is 1.89 bits per heavy atom. The summed E-state index contributed by atoms with van der Waals surface area (Å²) in [5.74, 6) is 0.957. The summed E-state index contributed by atoms with van der Waals surface area (Å²) in [6.45, 7) is 2.06. The van der Waals surface area contributed by atoms with Crippen molar-refractivity contribution in [2.45, 2.75) is 50.6 Å². The first-order valence-corrected chi connectivity index (χ1v) is 7.88. The smallest absolute Gasteiger partial charge is 0.0261 e. The summed E-state index contributed by atoms with van der Waals surface area (Å²) < 4.78 is 0. The van der Waals surface area contributed by atoms with Crippen molar-refractivity contribution in [2.24, 2.45) is 11.7 Å². The minimum absolute atomic E-state index is 0.537. The van der Waals surface area contributed by atoms with E-state index in [-0.39, 0.29) is 0 Å². The van der Waals surface area contributed by atoms with E-state index in [1.54, 1.807) is 0 Å². The van der Waals surface area contributed by atoms with Crippen molar-refractivity contribution >= 4 is 0 Å². The predicted octanol–water partition coefficient (Wildman–Crippen LogP) is 2.82. The molecule has 0 spiro atoms. The van der Waals surface area contributed by atoms with Gasteiger partial charge in [-0.05, 0) is 43.7 Å². The Kier molecular flexibility index (Phi) is 4.19. The van der Waals surface area contributed by atoms with E-state index < -0.39 is 0 Å². The van der Waals surface area contributed by atoms with Crippen LogP contribution < -0.4 is 5.73 Å². The van der Waals surface area contributed by atoms with E-state index >= 15 is 0 Å². The van der Waals surface area contributed by atoms with Crippen molar-refractivity contribution in [1.82, 2.24) is 4.90 Å². The third-order valence-corrected chi connectivity index (χ3v) is 5.11. The minimum Gasteiger partial charge on any atom is -0.329 e. The molecule has 3 atom stereocenters. The standard InChI is InChI=1S/C17H26N2/c18-13-16(12-14-6-2-1-3-7-14)19-11-10-15-8-4-5-9-17(15)19/h1-3,6-7,15-17H,4-5,8-13,18H2. The topological polar surface area (TPSA) is 29.3 Å². The second kappa shape index (κ2) is 6.06. The van der Waals surface area contributed by atoms with Crippen LogP contribution in [0.25, 0.3) is 0 Å². The van der Waals surface area contributed by atoms with Crippen LogP contribution in [0.15, 0.2) is 30.3 Å². The van der Waals surface area contributed by atoms with E-state index in [4.69, 9.17) is 5.73 Å². The van der Waals surface area contributed by atoms with Gasteiger partial charge in [0.2, 0.25) is 0 Å². The maximum absolute atomic E-state index is 6.08. The van der Waals surface area contributed by atoms with Gasteiger partial charge in [-0.1, -0.05) is 43.2 Å². The number of benzene rings is 1. The molecule has 104 valence electrons. The van der Waals surface area contributed by atoms with Crippen LogP contribution in [0.1, 0.15) is 37.7 Å². The Hall–Kier alpha value is -0.860.